The number of benzene rings is 1. The highest BCUT2D eigenvalue weighted by Crippen LogP contribution is 2.33. The minimum absolute atomic E-state index is 0.154. The van der Waals surface area contributed by atoms with Crippen molar-refractivity contribution < 1.29 is 9.59 Å². The van der Waals surface area contributed by atoms with E-state index in [2.05, 4.69) is 5.43 Å². The molecule has 1 aromatic rings. The first-order chi connectivity index (χ1) is 8.16. The third-order valence-electron chi connectivity index (χ3n) is 3.35. The van der Waals surface area contributed by atoms with Crippen LogP contribution >= 0.6 is 0 Å². The van der Waals surface area contributed by atoms with Crippen LogP contribution in [0, 0.1) is 0 Å². The highest BCUT2D eigenvalue weighted by atomic mass is 16.2. The van der Waals surface area contributed by atoms with Crippen LogP contribution in [0.15, 0.2) is 30.3 Å². The Balaban J connectivity index is 2.52. The largest absolute Gasteiger partial charge is 0.272 e. The topological polar surface area (TPSA) is 49.4 Å². The zero-order chi connectivity index (χ0) is 12.5. The number of hydrazine groups is 1. The normalized spacial score (nSPS) is 24.0. The summed E-state index contributed by atoms with van der Waals surface area (Å²) in [7, 11) is 0. The van der Waals surface area contributed by atoms with E-state index < -0.39 is 5.41 Å². The minimum atomic E-state index is -1.04. The monoisotopic (exact) mass is 232 g/mol. The van der Waals surface area contributed by atoms with E-state index in [1.165, 1.54) is 5.01 Å². The number of carbonyl (C=O) groups excluding carboxylic acids is 2. The molecular weight excluding hydrogens is 216 g/mol. The van der Waals surface area contributed by atoms with Crippen molar-refractivity contribution in [3.63, 3.8) is 0 Å². The van der Waals surface area contributed by atoms with Crippen molar-refractivity contribution in [1.29, 1.82) is 0 Å². The molecule has 90 valence electrons. The van der Waals surface area contributed by atoms with Crippen LogP contribution < -0.4 is 5.43 Å². The molecule has 0 bridgehead atoms. The second-order valence-electron chi connectivity index (χ2n) is 4.12. The molecule has 1 aliphatic rings. The summed E-state index contributed by atoms with van der Waals surface area (Å²) < 4.78 is 0. The molecule has 0 saturated carbocycles. The number of nitrogens with zero attached hydrogens (tertiary/aromatic N) is 1. The molecule has 2 rings (SSSR count). The van der Waals surface area contributed by atoms with Crippen molar-refractivity contribution in [2.75, 3.05) is 6.54 Å². The average Bonchev–Trinajstić information content (AvgIpc) is 2.62. The van der Waals surface area contributed by atoms with Gasteiger partial charge in [-0.2, -0.15) is 0 Å². The molecule has 1 unspecified atom stereocenters. The van der Waals surface area contributed by atoms with Crippen LogP contribution in [0.4, 0.5) is 0 Å². The number of hydrogen-bond donors (Lipinski definition) is 1. The summed E-state index contributed by atoms with van der Waals surface area (Å²) in [6.07, 6.45) is 0.470. The van der Waals surface area contributed by atoms with Crippen LogP contribution in [0.25, 0.3) is 0 Å². The number of hydrogen-bond acceptors (Lipinski definition) is 2. The number of carbonyl (C=O) groups is 2. The van der Waals surface area contributed by atoms with Crippen LogP contribution in [-0.4, -0.2) is 23.4 Å². The molecule has 1 fully saturated rings. The van der Waals surface area contributed by atoms with Crippen molar-refractivity contribution >= 4 is 11.8 Å². The summed E-state index contributed by atoms with van der Waals surface area (Å²) in [5, 5.41) is 1.39. The summed E-state index contributed by atoms with van der Waals surface area (Å²) >= 11 is 0. The van der Waals surface area contributed by atoms with E-state index in [4.69, 9.17) is 0 Å². The fraction of sp³-hybridized carbons (Fsp3) is 0.385. The first-order valence-electron chi connectivity index (χ1n) is 5.85. The van der Waals surface area contributed by atoms with E-state index in [1.54, 1.807) is 0 Å². The summed E-state index contributed by atoms with van der Waals surface area (Å²) in [5.74, 6) is -0.378. The van der Waals surface area contributed by atoms with Gasteiger partial charge in [-0.25, -0.2) is 0 Å². The third kappa shape index (κ3) is 1.52. The van der Waals surface area contributed by atoms with Crippen molar-refractivity contribution in [2.45, 2.75) is 25.7 Å². The molecule has 0 spiro atoms. The fourth-order valence-electron chi connectivity index (χ4n) is 2.31. The SMILES string of the molecule is CCN1NC(=O)C(CC)(c2ccccc2)C1=O. The Morgan fingerprint density at radius 3 is 2.29 bits per heavy atom. The molecule has 0 radical (unpaired) electrons. The maximum atomic E-state index is 12.3. The van der Waals surface area contributed by atoms with Gasteiger partial charge >= 0.3 is 0 Å². The Kier molecular flexibility index (Phi) is 2.88. The van der Waals surface area contributed by atoms with Gasteiger partial charge in [-0.3, -0.25) is 20.0 Å². The van der Waals surface area contributed by atoms with E-state index in [-0.39, 0.29) is 11.8 Å². The zero-order valence-corrected chi connectivity index (χ0v) is 10.1. The fourth-order valence-corrected chi connectivity index (χ4v) is 2.31. The Morgan fingerprint density at radius 2 is 1.82 bits per heavy atom. The smallest absolute Gasteiger partial charge is 0.261 e. The average molecular weight is 232 g/mol. The van der Waals surface area contributed by atoms with Crippen molar-refractivity contribution in [3.8, 4) is 0 Å². The maximum Gasteiger partial charge on any atom is 0.261 e. The maximum absolute atomic E-state index is 12.3. The second-order valence-corrected chi connectivity index (χ2v) is 4.12. The van der Waals surface area contributed by atoms with E-state index in [1.807, 2.05) is 44.2 Å². The highest BCUT2D eigenvalue weighted by Gasteiger charge is 2.53. The molecule has 1 aliphatic heterocycles. The molecular formula is C13H16N2O2. The third-order valence-corrected chi connectivity index (χ3v) is 3.35. The lowest BCUT2D eigenvalue weighted by Crippen LogP contribution is -2.40. The van der Waals surface area contributed by atoms with Crippen LogP contribution in [0.2, 0.25) is 0 Å². The Labute approximate surface area is 101 Å². The lowest BCUT2D eigenvalue weighted by atomic mass is 9.77. The molecule has 1 N–H and O–H groups in total. The van der Waals surface area contributed by atoms with Gasteiger partial charge in [0, 0.05) is 6.54 Å². The Bertz CT molecular complexity index is 444. The Hall–Kier alpha value is -1.84. The van der Waals surface area contributed by atoms with E-state index in [9.17, 15) is 9.59 Å². The van der Waals surface area contributed by atoms with Crippen LogP contribution in [0.5, 0.6) is 0 Å². The highest BCUT2D eigenvalue weighted by molar-refractivity contribution is 6.15. The van der Waals surface area contributed by atoms with E-state index >= 15 is 0 Å². The van der Waals surface area contributed by atoms with Gasteiger partial charge in [0.1, 0.15) is 0 Å². The van der Waals surface area contributed by atoms with Crippen molar-refractivity contribution in [2.24, 2.45) is 0 Å². The number of likely N-dealkylation sites (N-methyl/N-ethyl adjacent to an activating group) is 1. The van der Waals surface area contributed by atoms with Crippen LogP contribution in [0.1, 0.15) is 25.8 Å². The van der Waals surface area contributed by atoms with Gasteiger partial charge in [-0.1, -0.05) is 37.3 Å². The molecule has 4 heteroatoms. The molecule has 1 heterocycles. The van der Waals surface area contributed by atoms with E-state index in [0.29, 0.717) is 13.0 Å². The van der Waals surface area contributed by atoms with Gasteiger partial charge in [-0.15, -0.1) is 0 Å². The summed E-state index contributed by atoms with van der Waals surface area (Å²) in [4.78, 5) is 24.5. The first kappa shape index (κ1) is 11.6. The van der Waals surface area contributed by atoms with Crippen molar-refractivity contribution in [3.05, 3.63) is 35.9 Å². The quantitative estimate of drug-likeness (QED) is 0.797. The van der Waals surface area contributed by atoms with Gasteiger partial charge in [-0.05, 0) is 18.9 Å². The molecule has 0 aromatic heterocycles. The predicted octanol–water partition coefficient (Wildman–Crippen LogP) is 1.23. The summed E-state index contributed by atoms with van der Waals surface area (Å²) in [6, 6.07) is 9.24. The number of amides is 2. The first-order valence-corrected chi connectivity index (χ1v) is 5.85. The van der Waals surface area contributed by atoms with Crippen molar-refractivity contribution in [1.82, 2.24) is 10.4 Å². The lowest BCUT2D eigenvalue weighted by Gasteiger charge is -2.22. The molecule has 1 aromatic carbocycles. The standard InChI is InChI=1S/C13H16N2O2/c1-3-13(10-8-6-5-7-9-10)11(16)14-15(4-2)12(13)17/h5-9H,3-4H2,1-2H3,(H,14,16). The molecule has 1 saturated heterocycles. The second kappa shape index (κ2) is 4.20. The molecule has 1 atom stereocenters. The Morgan fingerprint density at radius 1 is 1.18 bits per heavy atom. The number of rotatable bonds is 3. The molecule has 2 amide bonds. The molecule has 4 nitrogen and oxygen atoms in total. The molecule has 0 aliphatic carbocycles. The van der Waals surface area contributed by atoms with Crippen LogP contribution in [-0.2, 0) is 15.0 Å². The van der Waals surface area contributed by atoms with E-state index in [0.717, 1.165) is 5.56 Å². The summed E-state index contributed by atoms with van der Waals surface area (Å²) in [5.41, 5.74) is 2.36. The lowest BCUT2D eigenvalue weighted by molar-refractivity contribution is -0.134. The van der Waals surface area contributed by atoms with Gasteiger partial charge in [0.2, 0.25) is 0 Å². The minimum Gasteiger partial charge on any atom is -0.272 e. The zero-order valence-electron chi connectivity index (χ0n) is 10.1. The van der Waals surface area contributed by atoms with Gasteiger partial charge in [0.15, 0.2) is 5.41 Å². The number of nitrogens with one attached hydrogen (secondary N) is 1. The van der Waals surface area contributed by atoms with Crippen LogP contribution in [0.3, 0.4) is 0 Å². The molecule has 17 heavy (non-hydrogen) atoms. The van der Waals surface area contributed by atoms with Gasteiger partial charge in [0.25, 0.3) is 11.8 Å². The van der Waals surface area contributed by atoms with Gasteiger partial charge in [0.05, 0.1) is 0 Å². The summed E-state index contributed by atoms with van der Waals surface area (Å²) in [6.45, 7) is 4.19. The predicted molar refractivity (Wildman–Crippen MR) is 63.9 cm³/mol. The van der Waals surface area contributed by atoms with Gasteiger partial charge < -0.3 is 0 Å².